The lowest BCUT2D eigenvalue weighted by Crippen LogP contribution is -2.41. The smallest absolute Gasteiger partial charge is 0.171 e. The summed E-state index contributed by atoms with van der Waals surface area (Å²) in [6, 6.07) is 8.81. The highest BCUT2D eigenvalue weighted by atomic mass is 32.1. The Labute approximate surface area is 256 Å². The molecule has 2 aromatic heterocycles. The first-order valence-electron chi connectivity index (χ1n) is 16.2. The summed E-state index contributed by atoms with van der Waals surface area (Å²) in [6.45, 7) is 5.59. The van der Waals surface area contributed by atoms with Gasteiger partial charge >= 0.3 is 0 Å². The second kappa shape index (κ2) is 15.2. The molecule has 4 heteroatoms. The monoisotopic (exact) mass is 585 g/mol. The van der Waals surface area contributed by atoms with Gasteiger partial charge in [-0.05, 0) is 71.5 Å². The molecule has 41 heavy (non-hydrogen) atoms. The quantitative estimate of drug-likeness (QED) is 0.183. The molecule has 0 saturated carbocycles. The molecule has 0 amide bonds. The number of Topliss-reactive ketones (excluding diaryl/α,β-unsaturated/α-hetero) is 1. The van der Waals surface area contributed by atoms with Gasteiger partial charge in [0.05, 0.1) is 12.0 Å². The van der Waals surface area contributed by atoms with Gasteiger partial charge in [0.25, 0.3) is 0 Å². The van der Waals surface area contributed by atoms with E-state index in [1.165, 1.54) is 103 Å². The van der Waals surface area contributed by atoms with Gasteiger partial charge in [-0.25, -0.2) is 0 Å². The minimum atomic E-state index is -0.157. The molecule has 2 nitrogen and oxygen atoms in total. The standard InChI is InChI=1S/C37H47NOS2/c1-3-5-7-9-10-11-12-13-17-30-31-26-29-25-28(35-18-15-23-40-35)20-21-33(29)38(22-14-8-6-4-2)34(31)27-32(37(30)39)36-19-16-24-41-36/h15-16,18-21,23-27,32-33H,3-14,17,22H2,1-2H3. The van der Waals surface area contributed by atoms with Crippen LogP contribution < -0.4 is 0 Å². The summed E-state index contributed by atoms with van der Waals surface area (Å²) < 4.78 is 0. The second-order valence-electron chi connectivity index (χ2n) is 11.8. The van der Waals surface area contributed by atoms with Gasteiger partial charge in [0.1, 0.15) is 0 Å². The van der Waals surface area contributed by atoms with E-state index >= 15 is 0 Å². The molecular weight excluding hydrogens is 539 g/mol. The van der Waals surface area contributed by atoms with E-state index in [1.807, 2.05) is 0 Å². The molecule has 0 bridgehead atoms. The zero-order valence-corrected chi connectivity index (χ0v) is 26.7. The molecule has 1 aliphatic heterocycles. The van der Waals surface area contributed by atoms with Gasteiger partial charge in [0.2, 0.25) is 0 Å². The maximum Gasteiger partial charge on any atom is 0.171 e. The van der Waals surface area contributed by atoms with Crippen LogP contribution in [-0.4, -0.2) is 23.3 Å². The third-order valence-corrected chi connectivity index (χ3v) is 10.6. The number of carbonyl (C=O) groups excluding carboxylic acids is 1. The van der Waals surface area contributed by atoms with E-state index in [0.29, 0.717) is 5.78 Å². The fourth-order valence-corrected chi connectivity index (χ4v) is 8.01. The van der Waals surface area contributed by atoms with Crippen molar-refractivity contribution in [3.63, 3.8) is 0 Å². The number of hydrogen-bond donors (Lipinski definition) is 0. The normalized spacial score (nSPS) is 20.1. The number of hydrogen-bond acceptors (Lipinski definition) is 4. The van der Waals surface area contributed by atoms with Crippen LogP contribution in [-0.2, 0) is 4.79 Å². The van der Waals surface area contributed by atoms with E-state index in [2.05, 4.69) is 84.2 Å². The fourth-order valence-electron chi connectivity index (χ4n) is 6.49. The molecule has 3 aliphatic rings. The van der Waals surface area contributed by atoms with E-state index in [4.69, 9.17) is 0 Å². The van der Waals surface area contributed by atoms with Gasteiger partial charge in [-0.2, -0.15) is 0 Å². The maximum atomic E-state index is 14.2. The molecule has 0 N–H and O–H groups in total. The van der Waals surface area contributed by atoms with E-state index in [1.54, 1.807) is 22.7 Å². The summed E-state index contributed by atoms with van der Waals surface area (Å²) >= 11 is 3.52. The van der Waals surface area contributed by atoms with Gasteiger partial charge in [0, 0.05) is 33.1 Å². The number of carbonyl (C=O) groups is 1. The Hall–Kier alpha value is -2.43. The Morgan fingerprint density at radius 3 is 2.22 bits per heavy atom. The number of nitrogens with zero attached hydrogens (tertiary/aromatic N) is 1. The SMILES string of the molecule is CCCCCCCCCCC1=C2C=C3C=C(c4cccs4)C=CC3N(CCCCCC)C2=CC(c2cccs2)C1=O. The highest BCUT2D eigenvalue weighted by Crippen LogP contribution is 2.44. The van der Waals surface area contributed by atoms with Gasteiger partial charge < -0.3 is 4.90 Å². The van der Waals surface area contributed by atoms with Crippen molar-refractivity contribution < 1.29 is 4.79 Å². The zero-order chi connectivity index (χ0) is 28.4. The Balaban J connectivity index is 1.46. The van der Waals surface area contributed by atoms with Crippen LogP contribution in [0.2, 0.25) is 0 Å². The van der Waals surface area contributed by atoms with Crippen LogP contribution in [0.1, 0.15) is 113 Å². The number of thiophene rings is 2. The summed E-state index contributed by atoms with van der Waals surface area (Å²) in [6.07, 6.45) is 27.9. The molecule has 0 aromatic carbocycles. The topological polar surface area (TPSA) is 20.3 Å². The van der Waals surface area contributed by atoms with Crippen LogP contribution in [0.5, 0.6) is 0 Å². The minimum absolute atomic E-state index is 0.157. The summed E-state index contributed by atoms with van der Waals surface area (Å²) in [5, 5.41) is 4.27. The predicted molar refractivity (Wildman–Crippen MR) is 179 cm³/mol. The molecule has 0 radical (unpaired) electrons. The van der Waals surface area contributed by atoms with Crippen LogP contribution in [0.15, 0.2) is 87.8 Å². The zero-order valence-electron chi connectivity index (χ0n) is 25.1. The molecule has 3 heterocycles. The van der Waals surface area contributed by atoms with Crippen molar-refractivity contribution in [3.05, 3.63) is 97.6 Å². The van der Waals surface area contributed by atoms with E-state index < -0.39 is 0 Å². The Morgan fingerprint density at radius 1 is 0.805 bits per heavy atom. The van der Waals surface area contributed by atoms with Gasteiger partial charge in [-0.1, -0.05) is 102 Å². The molecule has 5 rings (SSSR count). The number of allylic oxidation sites excluding steroid dienone is 5. The van der Waals surface area contributed by atoms with Gasteiger partial charge in [0.15, 0.2) is 5.78 Å². The van der Waals surface area contributed by atoms with Gasteiger partial charge in [-0.3, -0.25) is 4.79 Å². The van der Waals surface area contributed by atoms with Crippen LogP contribution >= 0.6 is 22.7 Å². The van der Waals surface area contributed by atoms with Crippen molar-refractivity contribution >= 4 is 34.0 Å². The number of unbranched alkanes of at least 4 members (excludes halogenated alkanes) is 10. The predicted octanol–water partition coefficient (Wildman–Crippen LogP) is 11.0. The van der Waals surface area contributed by atoms with E-state index in [9.17, 15) is 4.79 Å². The fraction of sp³-hybridized carbons (Fsp3) is 0.486. The van der Waals surface area contributed by atoms with Crippen LogP contribution in [0.4, 0.5) is 0 Å². The van der Waals surface area contributed by atoms with E-state index in [0.717, 1.165) is 25.0 Å². The van der Waals surface area contributed by atoms with Crippen LogP contribution in [0, 0.1) is 0 Å². The molecular formula is C37H47NOS2. The summed E-state index contributed by atoms with van der Waals surface area (Å²) in [5.74, 6) is 0.167. The van der Waals surface area contributed by atoms with Gasteiger partial charge in [-0.15, -0.1) is 22.7 Å². The maximum absolute atomic E-state index is 14.2. The molecule has 2 atom stereocenters. The van der Waals surface area contributed by atoms with Crippen LogP contribution in [0.25, 0.3) is 5.57 Å². The molecule has 0 spiro atoms. The first-order chi connectivity index (χ1) is 20.2. The average Bonchev–Trinajstić information content (AvgIpc) is 3.72. The molecule has 0 saturated heterocycles. The largest absolute Gasteiger partial charge is 0.361 e. The average molecular weight is 586 g/mol. The van der Waals surface area contributed by atoms with Crippen molar-refractivity contribution in [1.29, 1.82) is 0 Å². The lowest BCUT2D eigenvalue weighted by Gasteiger charge is -2.43. The molecule has 0 fully saturated rings. The summed E-state index contributed by atoms with van der Waals surface area (Å²) in [5.41, 5.74) is 6.17. The van der Waals surface area contributed by atoms with E-state index in [-0.39, 0.29) is 12.0 Å². The van der Waals surface area contributed by atoms with Crippen molar-refractivity contribution in [2.75, 3.05) is 6.54 Å². The first-order valence-corrected chi connectivity index (χ1v) is 17.9. The molecule has 218 valence electrons. The number of fused-ring (bicyclic) bond motifs is 2. The third kappa shape index (κ3) is 7.32. The number of ketones is 1. The number of rotatable bonds is 16. The second-order valence-corrected chi connectivity index (χ2v) is 13.7. The Bertz CT molecular complexity index is 1290. The lowest BCUT2D eigenvalue weighted by molar-refractivity contribution is -0.116. The van der Waals surface area contributed by atoms with Crippen LogP contribution in [0.3, 0.4) is 0 Å². The van der Waals surface area contributed by atoms with Crippen molar-refractivity contribution in [2.24, 2.45) is 0 Å². The summed E-state index contributed by atoms with van der Waals surface area (Å²) in [4.78, 5) is 19.3. The molecule has 2 unspecified atom stereocenters. The van der Waals surface area contributed by atoms with Crippen molar-refractivity contribution in [2.45, 2.75) is 109 Å². The molecule has 2 aromatic rings. The Morgan fingerprint density at radius 2 is 1.51 bits per heavy atom. The van der Waals surface area contributed by atoms with Crippen molar-refractivity contribution in [1.82, 2.24) is 4.90 Å². The van der Waals surface area contributed by atoms with Crippen molar-refractivity contribution in [3.8, 4) is 0 Å². The third-order valence-electron chi connectivity index (χ3n) is 8.77. The first kappa shape index (κ1) is 30.0. The highest BCUT2D eigenvalue weighted by Gasteiger charge is 2.37. The highest BCUT2D eigenvalue weighted by molar-refractivity contribution is 7.11. The summed E-state index contributed by atoms with van der Waals surface area (Å²) in [7, 11) is 0. The lowest BCUT2D eigenvalue weighted by atomic mass is 9.78. The minimum Gasteiger partial charge on any atom is -0.361 e. The Kier molecular flexibility index (Phi) is 11.1. The molecule has 2 aliphatic carbocycles.